The van der Waals surface area contributed by atoms with Gasteiger partial charge in [0.1, 0.15) is 5.52 Å². The molecule has 8 heteroatoms. The van der Waals surface area contributed by atoms with Gasteiger partial charge in [-0.1, -0.05) is 12.1 Å². The van der Waals surface area contributed by atoms with E-state index < -0.39 is 0 Å². The number of ether oxygens (including phenoxy) is 1. The normalized spacial score (nSPS) is 14.6. The second-order valence-electron chi connectivity index (χ2n) is 7.27. The van der Waals surface area contributed by atoms with E-state index in [9.17, 15) is 9.59 Å². The number of nitrogens with zero attached hydrogens (tertiary/aromatic N) is 4. The fraction of sp³-hybridized carbons (Fsp3) is 0.273. The summed E-state index contributed by atoms with van der Waals surface area (Å²) in [4.78, 5) is 41.0. The Balaban J connectivity index is 1.43. The summed E-state index contributed by atoms with van der Waals surface area (Å²) in [6.45, 7) is 4.03. The fourth-order valence-electron chi connectivity index (χ4n) is 3.87. The Labute approximate surface area is 172 Å². The molecule has 0 bridgehead atoms. The van der Waals surface area contributed by atoms with Crippen LogP contribution in [0.5, 0.6) is 0 Å². The molecule has 1 N–H and O–H groups in total. The number of aromatic nitrogens is 3. The highest BCUT2D eigenvalue weighted by molar-refractivity contribution is 6.08. The van der Waals surface area contributed by atoms with Crippen molar-refractivity contribution in [3.05, 3.63) is 48.0 Å². The monoisotopic (exact) mass is 403 g/mol. The fourth-order valence-corrected chi connectivity index (χ4v) is 3.87. The first-order valence-corrected chi connectivity index (χ1v) is 10.0. The van der Waals surface area contributed by atoms with Crippen molar-refractivity contribution in [3.63, 3.8) is 0 Å². The molecule has 2 aromatic carbocycles. The lowest BCUT2D eigenvalue weighted by Gasteiger charge is -2.34. The number of hydrogen-bond acceptors (Lipinski definition) is 5. The van der Waals surface area contributed by atoms with Crippen LogP contribution in [0.4, 0.5) is 4.79 Å². The zero-order valence-electron chi connectivity index (χ0n) is 16.6. The molecule has 5 rings (SSSR count). The number of piperazine rings is 1. The number of carbonyl (C=O) groups is 2. The zero-order valence-corrected chi connectivity index (χ0v) is 16.6. The average molecular weight is 403 g/mol. The van der Waals surface area contributed by atoms with Crippen molar-refractivity contribution in [1.82, 2.24) is 24.8 Å². The molecule has 0 aliphatic carbocycles. The summed E-state index contributed by atoms with van der Waals surface area (Å²) in [6, 6.07) is 13.3. The summed E-state index contributed by atoms with van der Waals surface area (Å²) in [6.07, 6.45) is -0.324. The van der Waals surface area contributed by atoms with E-state index in [1.165, 1.54) is 0 Å². The Bertz CT molecular complexity index is 1270. The number of fused-ring (bicyclic) bond motifs is 4. The van der Waals surface area contributed by atoms with Gasteiger partial charge in [-0.3, -0.25) is 4.79 Å². The van der Waals surface area contributed by atoms with E-state index >= 15 is 0 Å². The molecule has 1 saturated heterocycles. The molecule has 8 nitrogen and oxygen atoms in total. The Morgan fingerprint density at radius 1 is 1.00 bits per heavy atom. The third-order valence-electron chi connectivity index (χ3n) is 5.44. The third kappa shape index (κ3) is 3.10. The highest BCUT2D eigenvalue weighted by atomic mass is 16.6. The molecule has 0 spiro atoms. The summed E-state index contributed by atoms with van der Waals surface area (Å²) in [5.74, 6) is -0.0523. The first-order valence-electron chi connectivity index (χ1n) is 10.0. The van der Waals surface area contributed by atoms with Crippen LogP contribution < -0.4 is 0 Å². The largest absolute Gasteiger partial charge is 0.450 e. The van der Waals surface area contributed by atoms with Crippen LogP contribution in [0, 0.1) is 0 Å². The maximum absolute atomic E-state index is 13.1. The number of nitrogens with one attached hydrogen (secondary N) is 1. The van der Waals surface area contributed by atoms with E-state index in [1.807, 2.05) is 42.5 Å². The maximum atomic E-state index is 13.1. The molecule has 1 aliphatic heterocycles. The van der Waals surface area contributed by atoms with Gasteiger partial charge >= 0.3 is 6.09 Å². The second-order valence-corrected chi connectivity index (χ2v) is 7.27. The van der Waals surface area contributed by atoms with E-state index in [4.69, 9.17) is 9.72 Å². The number of para-hydroxylation sites is 2. The molecule has 3 heterocycles. The number of hydrogen-bond donors (Lipinski definition) is 1. The molecule has 1 fully saturated rings. The first-order chi connectivity index (χ1) is 14.6. The lowest BCUT2D eigenvalue weighted by Crippen LogP contribution is -2.50. The highest BCUT2D eigenvalue weighted by Crippen LogP contribution is 2.26. The smallest absolute Gasteiger partial charge is 0.409 e. The molecular weight excluding hydrogens is 382 g/mol. The first kappa shape index (κ1) is 18.4. The van der Waals surface area contributed by atoms with E-state index in [0.29, 0.717) is 44.0 Å². The van der Waals surface area contributed by atoms with Gasteiger partial charge in [-0.05, 0) is 37.3 Å². The third-order valence-corrected chi connectivity index (χ3v) is 5.44. The molecule has 152 valence electrons. The molecular formula is C22H21N5O3. The molecule has 0 radical (unpaired) electrons. The van der Waals surface area contributed by atoms with Gasteiger partial charge in [0.2, 0.25) is 0 Å². The minimum Gasteiger partial charge on any atom is -0.450 e. The number of carbonyl (C=O) groups excluding carboxylic acids is 2. The Morgan fingerprint density at radius 3 is 2.43 bits per heavy atom. The van der Waals surface area contributed by atoms with Crippen molar-refractivity contribution in [2.24, 2.45) is 0 Å². The molecule has 0 saturated carbocycles. The van der Waals surface area contributed by atoms with Crippen molar-refractivity contribution in [1.29, 1.82) is 0 Å². The Morgan fingerprint density at radius 2 is 1.70 bits per heavy atom. The van der Waals surface area contributed by atoms with E-state index in [-0.39, 0.29) is 12.0 Å². The predicted octanol–water partition coefficient (Wildman–Crippen LogP) is 3.18. The summed E-state index contributed by atoms with van der Waals surface area (Å²) in [5, 5.41) is 0.874. The Hall–Kier alpha value is -3.68. The van der Waals surface area contributed by atoms with Gasteiger partial charge in [-0.2, -0.15) is 0 Å². The van der Waals surface area contributed by atoms with Crippen LogP contribution in [0.25, 0.3) is 33.1 Å². The van der Waals surface area contributed by atoms with Gasteiger partial charge < -0.3 is 19.5 Å². The molecule has 30 heavy (non-hydrogen) atoms. The van der Waals surface area contributed by atoms with Crippen molar-refractivity contribution in [3.8, 4) is 0 Å². The van der Waals surface area contributed by atoms with E-state index in [2.05, 4.69) is 9.97 Å². The van der Waals surface area contributed by atoms with Gasteiger partial charge in [0.15, 0.2) is 5.65 Å². The van der Waals surface area contributed by atoms with Crippen LogP contribution in [0.2, 0.25) is 0 Å². The van der Waals surface area contributed by atoms with Crippen molar-refractivity contribution >= 4 is 45.1 Å². The minimum absolute atomic E-state index is 0.0523. The minimum atomic E-state index is -0.324. The zero-order chi connectivity index (χ0) is 20.7. The van der Waals surface area contributed by atoms with Crippen molar-refractivity contribution < 1.29 is 14.3 Å². The van der Waals surface area contributed by atoms with Crippen molar-refractivity contribution in [2.45, 2.75) is 6.92 Å². The molecule has 2 aromatic heterocycles. The highest BCUT2D eigenvalue weighted by Gasteiger charge is 2.26. The van der Waals surface area contributed by atoms with Gasteiger partial charge in [0, 0.05) is 42.6 Å². The molecule has 0 atom stereocenters. The van der Waals surface area contributed by atoms with Crippen LogP contribution in [-0.2, 0) is 4.74 Å². The van der Waals surface area contributed by atoms with Gasteiger partial charge in [-0.15, -0.1) is 0 Å². The molecule has 1 aliphatic rings. The quantitative estimate of drug-likeness (QED) is 0.555. The van der Waals surface area contributed by atoms with Crippen LogP contribution >= 0.6 is 0 Å². The van der Waals surface area contributed by atoms with Crippen LogP contribution in [0.3, 0.4) is 0 Å². The summed E-state index contributed by atoms with van der Waals surface area (Å²) in [7, 11) is 0. The number of aromatic amines is 1. The molecule has 4 aromatic rings. The van der Waals surface area contributed by atoms with Crippen LogP contribution in [-0.4, -0.2) is 69.5 Å². The van der Waals surface area contributed by atoms with E-state index in [1.54, 1.807) is 16.7 Å². The van der Waals surface area contributed by atoms with Gasteiger partial charge in [-0.25, -0.2) is 14.8 Å². The van der Waals surface area contributed by atoms with E-state index in [0.717, 1.165) is 27.5 Å². The number of H-pyrrole nitrogens is 1. The number of amides is 2. The predicted molar refractivity (Wildman–Crippen MR) is 113 cm³/mol. The summed E-state index contributed by atoms with van der Waals surface area (Å²) in [5.41, 5.74) is 4.60. The summed E-state index contributed by atoms with van der Waals surface area (Å²) >= 11 is 0. The molecule has 2 amide bonds. The summed E-state index contributed by atoms with van der Waals surface area (Å²) < 4.78 is 5.04. The van der Waals surface area contributed by atoms with Gasteiger partial charge in [0.05, 0.1) is 17.6 Å². The lowest BCUT2D eigenvalue weighted by molar-refractivity contribution is 0.0570. The van der Waals surface area contributed by atoms with Crippen LogP contribution in [0.15, 0.2) is 42.5 Å². The maximum Gasteiger partial charge on any atom is 0.409 e. The topological polar surface area (TPSA) is 91.4 Å². The SMILES string of the molecule is CCOC(=O)N1CCN(C(=O)c2ccc3[nH]c4nc5ccccc5nc4c3c2)CC1. The van der Waals surface area contributed by atoms with Gasteiger partial charge in [0.25, 0.3) is 5.91 Å². The number of benzene rings is 2. The average Bonchev–Trinajstić information content (AvgIpc) is 3.14. The van der Waals surface area contributed by atoms with Crippen LogP contribution in [0.1, 0.15) is 17.3 Å². The number of rotatable bonds is 2. The Kier molecular flexibility index (Phi) is 4.46. The standard InChI is InChI=1S/C22H21N5O3/c1-2-30-22(29)27-11-9-26(10-12-27)21(28)14-7-8-16-15(13-14)19-20(24-16)25-18-6-4-3-5-17(18)23-19/h3-8,13H,2,9-12H2,1H3,(H,24,25). The lowest BCUT2D eigenvalue weighted by atomic mass is 10.1. The molecule has 0 unspecified atom stereocenters. The van der Waals surface area contributed by atoms with Crippen molar-refractivity contribution in [2.75, 3.05) is 32.8 Å². The second kappa shape index (κ2) is 7.29.